The number of amides is 3. The minimum atomic E-state index is -0.970. The first-order valence-corrected chi connectivity index (χ1v) is 8.14. The topological polar surface area (TPSA) is 108 Å². The summed E-state index contributed by atoms with van der Waals surface area (Å²) in [7, 11) is 1.52. The minimum Gasteiger partial charge on any atom is -0.497 e. The first-order chi connectivity index (χ1) is 11.9. The fourth-order valence-electron chi connectivity index (χ4n) is 3.28. The molecule has 2 heterocycles. The fraction of sp³-hybridized carbons (Fsp3) is 0.471. The highest BCUT2D eigenvalue weighted by molar-refractivity contribution is 5.98. The van der Waals surface area contributed by atoms with E-state index in [0.717, 1.165) is 0 Å². The quantitative estimate of drug-likeness (QED) is 0.666. The van der Waals surface area contributed by atoms with Crippen molar-refractivity contribution in [3.05, 3.63) is 29.8 Å². The molecule has 134 valence electrons. The molecule has 2 saturated heterocycles. The highest BCUT2D eigenvalue weighted by atomic mass is 16.5. The Morgan fingerprint density at radius 3 is 2.88 bits per heavy atom. The summed E-state index contributed by atoms with van der Waals surface area (Å²) in [5.74, 6) is -0.337. The van der Waals surface area contributed by atoms with Crippen molar-refractivity contribution in [1.29, 1.82) is 0 Å². The van der Waals surface area contributed by atoms with Crippen molar-refractivity contribution < 1.29 is 24.2 Å². The van der Waals surface area contributed by atoms with Gasteiger partial charge in [-0.25, -0.2) is 0 Å². The van der Waals surface area contributed by atoms with Crippen LogP contribution >= 0.6 is 0 Å². The van der Waals surface area contributed by atoms with Gasteiger partial charge in [-0.1, -0.05) is 6.07 Å². The van der Waals surface area contributed by atoms with Crippen molar-refractivity contribution >= 4 is 17.7 Å². The third-order valence-corrected chi connectivity index (χ3v) is 4.60. The van der Waals surface area contributed by atoms with E-state index in [9.17, 15) is 19.5 Å². The van der Waals surface area contributed by atoms with Crippen LogP contribution in [-0.4, -0.2) is 65.6 Å². The van der Waals surface area contributed by atoms with Crippen LogP contribution in [0.4, 0.5) is 0 Å². The molecule has 3 N–H and O–H groups in total. The molecule has 3 rings (SSSR count). The summed E-state index contributed by atoms with van der Waals surface area (Å²) in [5, 5.41) is 15.1. The van der Waals surface area contributed by atoms with Gasteiger partial charge in [-0.15, -0.1) is 0 Å². The normalized spacial score (nSPS) is 26.7. The van der Waals surface area contributed by atoms with Gasteiger partial charge in [0.2, 0.25) is 11.8 Å². The largest absolute Gasteiger partial charge is 0.497 e. The molecule has 0 saturated carbocycles. The van der Waals surface area contributed by atoms with Crippen LogP contribution in [0.1, 0.15) is 23.7 Å². The Balaban J connectivity index is 1.69. The number of aliphatic hydroxyl groups excluding tert-OH is 1. The number of fused-ring (bicyclic) bond motifs is 1. The zero-order valence-electron chi connectivity index (χ0n) is 14.1. The maximum Gasteiger partial charge on any atom is 0.251 e. The molecule has 2 aliphatic heterocycles. The smallest absolute Gasteiger partial charge is 0.251 e. The first kappa shape index (κ1) is 17.2. The van der Waals surface area contributed by atoms with Gasteiger partial charge in [0.1, 0.15) is 17.8 Å². The van der Waals surface area contributed by atoms with Gasteiger partial charge in [0, 0.05) is 18.2 Å². The Kier molecular flexibility index (Phi) is 4.63. The average molecular weight is 347 g/mol. The van der Waals surface area contributed by atoms with Gasteiger partial charge in [-0.05, 0) is 31.5 Å². The van der Waals surface area contributed by atoms with Gasteiger partial charge < -0.3 is 25.4 Å². The Morgan fingerprint density at radius 2 is 2.20 bits per heavy atom. The molecular formula is C17H21N3O5. The van der Waals surface area contributed by atoms with Crippen molar-refractivity contribution in [3.8, 4) is 5.75 Å². The van der Waals surface area contributed by atoms with Gasteiger partial charge in [0.25, 0.3) is 5.91 Å². The van der Waals surface area contributed by atoms with Crippen LogP contribution in [0.5, 0.6) is 5.75 Å². The van der Waals surface area contributed by atoms with Crippen molar-refractivity contribution in [2.24, 2.45) is 0 Å². The summed E-state index contributed by atoms with van der Waals surface area (Å²) in [6.07, 6.45) is -0.623. The number of hydrogen-bond acceptors (Lipinski definition) is 5. The van der Waals surface area contributed by atoms with Crippen LogP contribution in [0.15, 0.2) is 24.3 Å². The number of ether oxygens (including phenoxy) is 1. The lowest BCUT2D eigenvalue weighted by atomic mass is 10.0. The van der Waals surface area contributed by atoms with Crippen LogP contribution in [0, 0.1) is 0 Å². The Labute approximate surface area is 145 Å². The van der Waals surface area contributed by atoms with Crippen LogP contribution < -0.4 is 15.4 Å². The third-order valence-electron chi connectivity index (χ3n) is 4.60. The molecule has 25 heavy (non-hydrogen) atoms. The maximum absolute atomic E-state index is 12.4. The lowest BCUT2D eigenvalue weighted by molar-refractivity contribution is -0.149. The SMILES string of the molecule is COc1cccc(C(=O)N[C@H]2C[C@H]3C(=O)N[C@@H]([C@@H](C)O)C(=O)N3C2)c1. The molecular weight excluding hydrogens is 326 g/mol. The second-order valence-electron chi connectivity index (χ2n) is 6.37. The molecule has 0 radical (unpaired) electrons. The van der Waals surface area contributed by atoms with Crippen molar-refractivity contribution in [2.45, 2.75) is 37.6 Å². The van der Waals surface area contributed by atoms with Crippen LogP contribution in [0.3, 0.4) is 0 Å². The number of nitrogens with one attached hydrogen (secondary N) is 2. The van der Waals surface area contributed by atoms with Gasteiger partial charge >= 0.3 is 0 Å². The molecule has 0 spiro atoms. The lowest BCUT2D eigenvalue weighted by Gasteiger charge is -2.35. The molecule has 2 aliphatic rings. The molecule has 0 bridgehead atoms. The fourth-order valence-corrected chi connectivity index (χ4v) is 3.28. The van der Waals surface area contributed by atoms with E-state index in [2.05, 4.69) is 10.6 Å². The van der Waals surface area contributed by atoms with Crippen molar-refractivity contribution in [1.82, 2.24) is 15.5 Å². The second-order valence-corrected chi connectivity index (χ2v) is 6.37. The number of benzene rings is 1. The molecule has 1 aromatic rings. The summed E-state index contributed by atoms with van der Waals surface area (Å²) in [5.41, 5.74) is 0.446. The van der Waals surface area contributed by atoms with E-state index in [1.165, 1.54) is 18.9 Å². The Hall–Kier alpha value is -2.61. The predicted molar refractivity (Wildman–Crippen MR) is 88.0 cm³/mol. The number of piperazine rings is 1. The average Bonchev–Trinajstić information content (AvgIpc) is 3.02. The number of methoxy groups -OCH3 is 1. The van der Waals surface area contributed by atoms with Gasteiger partial charge in [-0.2, -0.15) is 0 Å². The third kappa shape index (κ3) is 3.30. The van der Waals surface area contributed by atoms with E-state index in [-0.39, 0.29) is 30.3 Å². The van der Waals surface area contributed by atoms with E-state index in [1.807, 2.05) is 0 Å². The molecule has 4 atom stereocenters. The van der Waals surface area contributed by atoms with Crippen LogP contribution in [-0.2, 0) is 9.59 Å². The second kappa shape index (κ2) is 6.72. The molecule has 8 heteroatoms. The van der Waals surface area contributed by atoms with Gasteiger partial charge in [0.15, 0.2) is 0 Å². The highest BCUT2D eigenvalue weighted by Crippen LogP contribution is 2.24. The maximum atomic E-state index is 12.4. The molecule has 2 fully saturated rings. The predicted octanol–water partition coefficient (Wildman–Crippen LogP) is -0.726. The minimum absolute atomic E-state index is 0.246. The van der Waals surface area contributed by atoms with E-state index in [1.54, 1.807) is 24.3 Å². The number of hydrogen-bond donors (Lipinski definition) is 3. The summed E-state index contributed by atoms with van der Waals surface area (Å²) in [6, 6.07) is 4.88. The molecule has 0 aliphatic carbocycles. The van der Waals surface area contributed by atoms with Gasteiger partial charge in [0.05, 0.1) is 13.2 Å². The van der Waals surface area contributed by atoms with Crippen molar-refractivity contribution in [2.75, 3.05) is 13.7 Å². The summed E-state index contributed by atoms with van der Waals surface area (Å²) in [6.45, 7) is 1.71. The molecule has 1 aromatic carbocycles. The Bertz CT molecular complexity index is 705. The zero-order valence-corrected chi connectivity index (χ0v) is 14.1. The number of aliphatic hydroxyl groups is 1. The van der Waals surface area contributed by atoms with E-state index >= 15 is 0 Å². The summed E-state index contributed by atoms with van der Waals surface area (Å²) >= 11 is 0. The van der Waals surface area contributed by atoms with E-state index in [4.69, 9.17) is 4.74 Å². The van der Waals surface area contributed by atoms with Crippen molar-refractivity contribution in [3.63, 3.8) is 0 Å². The molecule has 8 nitrogen and oxygen atoms in total. The molecule has 0 aromatic heterocycles. The summed E-state index contributed by atoms with van der Waals surface area (Å²) in [4.78, 5) is 38.4. The number of carbonyl (C=O) groups is 3. The highest BCUT2D eigenvalue weighted by Gasteiger charge is 2.47. The van der Waals surface area contributed by atoms with E-state index < -0.39 is 18.2 Å². The molecule has 0 unspecified atom stereocenters. The monoisotopic (exact) mass is 347 g/mol. The lowest BCUT2D eigenvalue weighted by Crippen LogP contribution is -2.64. The van der Waals surface area contributed by atoms with E-state index in [0.29, 0.717) is 17.7 Å². The number of carbonyl (C=O) groups excluding carboxylic acids is 3. The Morgan fingerprint density at radius 1 is 1.44 bits per heavy atom. The van der Waals surface area contributed by atoms with Crippen LogP contribution in [0.25, 0.3) is 0 Å². The number of rotatable bonds is 4. The summed E-state index contributed by atoms with van der Waals surface area (Å²) < 4.78 is 5.10. The standard InChI is InChI=1S/C17H21N3O5/c1-9(21)14-17(24)20-8-11(7-13(20)16(23)19-14)18-15(22)10-4-3-5-12(6-10)25-2/h3-6,9,11,13-14,21H,7-8H2,1-2H3,(H,18,22)(H,19,23)/t9-,11+,13+,14+/m1/s1. The zero-order chi connectivity index (χ0) is 18.1. The van der Waals surface area contributed by atoms with Gasteiger partial charge in [-0.3, -0.25) is 14.4 Å². The van der Waals surface area contributed by atoms with Crippen LogP contribution in [0.2, 0.25) is 0 Å². The number of nitrogens with zero attached hydrogens (tertiary/aromatic N) is 1. The molecule has 3 amide bonds. The first-order valence-electron chi connectivity index (χ1n) is 8.14.